The Labute approximate surface area is 128 Å². The van der Waals surface area contributed by atoms with Crippen molar-refractivity contribution in [2.75, 3.05) is 6.54 Å². The van der Waals surface area contributed by atoms with Crippen LogP contribution in [-0.4, -0.2) is 30.7 Å². The van der Waals surface area contributed by atoms with Gasteiger partial charge in [0.25, 0.3) is 10.0 Å². The number of rotatable bonds is 7. The number of nitrogens with one attached hydrogen (secondary N) is 3. The number of H-pyrrole nitrogens is 1. The maximum atomic E-state index is 12.6. The highest BCUT2D eigenvalue weighted by Gasteiger charge is 2.32. The maximum Gasteiger partial charge on any atom is 0.258 e. The minimum atomic E-state index is -3.62. The van der Waals surface area contributed by atoms with Gasteiger partial charge < -0.3 is 5.32 Å². The third kappa shape index (κ3) is 5.76. The van der Waals surface area contributed by atoms with Gasteiger partial charge >= 0.3 is 0 Å². The van der Waals surface area contributed by atoms with Crippen molar-refractivity contribution in [3.8, 4) is 0 Å². The molecule has 0 aliphatic heterocycles. The van der Waals surface area contributed by atoms with E-state index in [1.807, 2.05) is 20.8 Å². The molecule has 0 spiro atoms. The van der Waals surface area contributed by atoms with E-state index in [-0.39, 0.29) is 10.4 Å². The molecule has 0 unspecified atom stereocenters. The Balaban J connectivity index is 2.94. The Morgan fingerprint density at radius 2 is 1.86 bits per heavy atom. The molecule has 7 heteroatoms. The molecule has 0 amide bonds. The average Bonchev–Trinajstić information content (AvgIpc) is 2.69. The fourth-order valence-corrected chi connectivity index (χ4v) is 4.24. The molecule has 1 aromatic heterocycles. The summed E-state index contributed by atoms with van der Waals surface area (Å²) in [6.07, 6.45) is 2.28. The fraction of sp³-hybridized carbons (Fsp3) is 0.786. The van der Waals surface area contributed by atoms with E-state index in [0.29, 0.717) is 12.1 Å². The molecule has 1 rings (SSSR count). The maximum absolute atomic E-state index is 12.6. The van der Waals surface area contributed by atoms with Gasteiger partial charge in [-0.25, -0.2) is 13.1 Å². The molecule has 0 bridgehead atoms. The summed E-state index contributed by atoms with van der Waals surface area (Å²) in [5.41, 5.74) is 0.153. The molecular weight excluding hydrogens is 288 g/mol. The Morgan fingerprint density at radius 1 is 1.24 bits per heavy atom. The monoisotopic (exact) mass is 316 g/mol. The quantitative estimate of drug-likeness (QED) is 0.718. The van der Waals surface area contributed by atoms with Gasteiger partial charge in [-0.1, -0.05) is 27.7 Å². The first-order valence-corrected chi connectivity index (χ1v) is 8.72. The van der Waals surface area contributed by atoms with E-state index in [2.05, 4.69) is 41.0 Å². The summed E-state index contributed by atoms with van der Waals surface area (Å²) in [5, 5.41) is 9.72. The van der Waals surface area contributed by atoms with E-state index in [0.717, 1.165) is 13.0 Å². The molecule has 1 aromatic rings. The number of hydrogen-bond acceptors (Lipinski definition) is 4. The van der Waals surface area contributed by atoms with Crippen molar-refractivity contribution < 1.29 is 8.42 Å². The van der Waals surface area contributed by atoms with Crippen molar-refractivity contribution >= 4 is 10.0 Å². The van der Waals surface area contributed by atoms with Gasteiger partial charge in [-0.3, -0.25) is 5.10 Å². The van der Waals surface area contributed by atoms with Gasteiger partial charge in [0.05, 0.1) is 6.20 Å². The second-order valence-electron chi connectivity index (χ2n) is 7.23. The molecule has 0 saturated carbocycles. The normalized spacial score (nSPS) is 13.6. The molecule has 0 fully saturated rings. The lowest BCUT2D eigenvalue weighted by Crippen LogP contribution is -2.46. The number of hydrogen-bond donors (Lipinski definition) is 3. The van der Waals surface area contributed by atoms with Gasteiger partial charge in [-0.05, 0) is 32.2 Å². The topological polar surface area (TPSA) is 86.9 Å². The Morgan fingerprint density at radius 3 is 2.38 bits per heavy atom. The molecule has 0 aromatic carbocycles. The van der Waals surface area contributed by atoms with Gasteiger partial charge in [0.2, 0.25) is 0 Å². The van der Waals surface area contributed by atoms with Crippen molar-refractivity contribution in [1.29, 1.82) is 0 Å². The van der Waals surface area contributed by atoms with Crippen LogP contribution >= 0.6 is 0 Å². The van der Waals surface area contributed by atoms with E-state index < -0.39 is 15.6 Å². The summed E-state index contributed by atoms with van der Waals surface area (Å²) >= 11 is 0. The second-order valence-corrected chi connectivity index (χ2v) is 8.85. The largest absolute Gasteiger partial charge is 0.313 e. The third-order valence-corrected chi connectivity index (χ3v) is 4.61. The predicted molar refractivity (Wildman–Crippen MR) is 84.4 cm³/mol. The highest BCUT2D eigenvalue weighted by molar-refractivity contribution is 7.89. The van der Waals surface area contributed by atoms with Crippen LogP contribution in [0, 0.1) is 5.41 Å². The fourth-order valence-electron chi connectivity index (χ4n) is 2.69. The molecular formula is C14H28N4O2S. The van der Waals surface area contributed by atoms with Crippen LogP contribution in [0.5, 0.6) is 0 Å². The Bertz CT molecular complexity index is 556. The molecule has 0 aliphatic carbocycles. The Kier molecular flexibility index (Phi) is 5.57. The summed E-state index contributed by atoms with van der Waals surface area (Å²) in [5.74, 6) is 0. The first-order valence-electron chi connectivity index (χ1n) is 7.24. The number of sulfonamides is 1. The van der Waals surface area contributed by atoms with Crippen LogP contribution in [0.3, 0.4) is 0 Å². The van der Waals surface area contributed by atoms with Crippen molar-refractivity contribution in [2.45, 2.75) is 65.1 Å². The minimum absolute atomic E-state index is 0.0343. The minimum Gasteiger partial charge on any atom is -0.313 e. The molecule has 1 heterocycles. The van der Waals surface area contributed by atoms with Crippen LogP contribution in [-0.2, 0) is 16.6 Å². The van der Waals surface area contributed by atoms with Gasteiger partial charge in [0.15, 0.2) is 5.03 Å². The van der Waals surface area contributed by atoms with Crippen LogP contribution < -0.4 is 10.0 Å². The van der Waals surface area contributed by atoms with Gasteiger partial charge in [-0.2, -0.15) is 5.10 Å². The predicted octanol–water partition coefficient (Wildman–Crippen LogP) is 2.01. The van der Waals surface area contributed by atoms with Crippen LogP contribution in [0.2, 0.25) is 0 Å². The summed E-state index contributed by atoms with van der Waals surface area (Å²) in [6, 6.07) is 0. The number of aromatic nitrogens is 2. The van der Waals surface area contributed by atoms with E-state index >= 15 is 0 Å². The molecule has 3 N–H and O–H groups in total. The smallest absolute Gasteiger partial charge is 0.258 e. The molecule has 122 valence electrons. The number of nitrogens with zero attached hydrogens (tertiary/aromatic N) is 1. The summed E-state index contributed by atoms with van der Waals surface area (Å²) < 4.78 is 27.9. The molecule has 0 saturated heterocycles. The van der Waals surface area contributed by atoms with Crippen LogP contribution in [0.25, 0.3) is 0 Å². The zero-order valence-electron chi connectivity index (χ0n) is 13.9. The lowest BCUT2D eigenvalue weighted by atomic mass is 9.82. The summed E-state index contributed by atoms with van der Waals surface area (Å²) in [7, 11) is -3.62. The van der Waals surface area contributed by atoms with E-state index in [9.17, 15) is 8.42 Å². The van der Waals surface area contributed by atoms with E-state index in [1.54, 1.807) is 6.20 Å². The first kappa shape index (κ1) is 18.1. The zero-order valence-corrected chi connectivity index (χ0v) is 14.7. The second kappa shape index (κ2) is 6.46. The standard InChI is InChI=1S/C14H28N4O2S/c1-7-15-8-11-9-16-17-12(11)21(19,20)18-14(5,6)10-13(2,3)4/h9,15,18H,7-8,10H2,1-6H3,(H,16,17). The highest BCUT2D eigenvalue weighted by atomic mass is 32.2. The SMILES string of the molecule is CCNCc1cn[nH]c1S(=O)(=O)NC(C)(C)CC(C)(C)C. The highest BCUT2D eigenvalue weighted by Crippen LogP contribution is 2.28. The molecule has 0 radical (unpaired) electrons. The van der Waals surface area contributed by atoms with Crippen molar-refractivity contribution in [3.63, 3.8) is 0 Å². The lowest BCUT2D eigenvalue weighted by Gasteiger charge is -2.32. The Hall–Kier alpha value is -0.920. The van der Waals surface area contributed by atoms with Gasteiger partial charge in [0, 0.05) is 17.6 Å². The van der Waals surface area contributed by atoms with E-state index in [1.165, 1.54) is 0 Å². The molecule has 21 heavy (non-hydrogen) atoms. The van der Waals surface area contributed by atoms with Crippen molar-refractivity contribution in [1.82, 2.24) is 20.2 Å². The zero-order chi connectivity index (χ0) is 16.3. The molecule has 6 nitrogen and oxygen atoms in total. The van der Waals surface area contributed by atoms with Crippen molar-refractivity contribution in [3.05, 3.63) is 11.8 Å². The first-order chi connectivity index (χ1) is 9.47. The molecule has 0 atom stereocenters. The number of aromatic amines is 1. The van der Waals surface area contributed by atoms with Crippen molar-refractivity contribution in [2.24, 2.45) is 5.41 Å². The van der Waals surface area contributed by atoms with Crippen LogP contribution in [0.15, 0.2) is 11.2 Å². The van der Waals surface area contributed by atoms with Crippen LogP contribution in [0.4, 0.5) is 0 Å². The average molecular weight is 316 g/mol. The lowest BCUT2D eigenvalue weighted by molar-refractivity contribution is 0.269. The molecule has 0 aliphatic rings. The summed E-state index contributed by atoms with van der Waals surface area (Å²) in [4.78, 5) is 0. The summed E-state index contributed by atoms with van der Waals surface area (Å²) in [6.45, 7) is 13.3. The van der Waals surface area contributed by atoms with Gasteiger partial charge in [0.1, 0.15) is 0 Å². The van der Waals surface area contributed by atoms with E-state index in [4.69, 9.17) is 0 Å². The van der Waals surface area contributed by atoms with Gasteiger partial charge in [-0.15, -0.1) is 0 Å². The third-order valence-electron chi connectivity index (χ3n) is 2.90. The van der Waals surface area contributed by atoms with Crippen LogP contribution in [0.1, 0.15) is 53.5 Å².